The Morgan fingerprint density at radius 3 is 2.79 bits per heavy atom. The number of likely N-dealkylation sites (N-methyl/N-ethyl adjacent to an activating group) is 1. The van der Waals surface area contributed by atoms with Crippen LogP contribution >= 0.6 is 11.6 Å². The first-order valence-electron chi connectivity index (χ1n) is 6.74. The van der Waals surface area contributed by atoms with Crippen LogP contribution in [0.5, 0.6) is 0 Å². The van der Waals surface area contributed by atoms with Gasteiger partial charge in [-0.2, -0.15) is 0 Å². The first kappa shape index (κ1) is 16.4. The van der Waals surface area contributed by atoms with Crippen molar-refractivity contribution >= 4 is 11.6 Å². The minimum Gasteiger partial charge on any atom is -0.385 e. The van der Waals surface area contributed by atoms with Crippen LogP contribution in [-0.2, 0) is 4.74 Å². The van der Waals surface area contributed by atoms with E-state index < -0.39 is 0 Å². The molecule has 0 aromatic heterocycles. The third-order valence-electron chi connectivity index (χ3n) is 3.44. The van der Waals surface area contributed by atoms with Crippen molar-refractivity contribution in [2.45, 2.75) is 31.8 Å². The van der Waals surface area contributed by atoms with Gasteiger partial charge in [-0.15, -0.1) is 0 Å². The van der Waals surface area contributed by atoms with Gasteiger partial charge in [-0.3, -0.25) is 4.90 Å². The van der Waals surface area contributed by atoms with Gasteiger partial charge in [-0.25, -0.2) is 0 Å². The summed E-state index contributed by atoms with van der Waals surface area (Å²) in [5.41, 5.74) is 7.36. The Labute approximate surface area is 121 Å². The van der Waals surface area contributed by atoms with Crippen LogP contribution in [0.2, 0.25) is 5.02 Å². The number of rotatable bonds is 8. The summed E-state index contributed by atoms with van der Waals surface area (Å²) in [6, 6.07) is 8.49. The van der Waals surface area contributed by atoms with Crippen LogP contribution in [-0.4, -0.2) is 38.3 Å². The molecule has 1 rings (SSSR count). The van der Waals surface area contributed by atoms with Crippen molar-refractivity contribution in [2.24, 2.45) is 5.73 Å². The highest BCUT2D eigenvalue weighted by Crippen LogP contribution is 2.22. The second-order valence-electron chi connectivity index (χ2n) is 5.07. The largest absolute Gasteiger partial charge is 0.385 e. The molecular formula is C15H25ClN2O. The number of methoxy groups -OCH3 is 1. The van der Waals surface area contributed by atoms with Crippen molar-refractivity contribution in [3.05, 3.63) is 34.9 Å². The summed E-state index contributed by atoms with van der Waals surface area (Å²) in [5, 5.41) is 0.780. The first-order valence-corrected chi connectivity index (χ1v) is 7.12. The lowest BCUT2D eigenvalue weighted by Gasteiger charge is -2.28. The van der Waals surface area contributed by atoms with E-state index in [2.05, 4.69) is 24.9 Å². The Balaban J connectivity index is 2.46. The van der Waals surface area contributed by atoms with Gasteiger partial charge in [0.15, 0.2) is 0 Å². The molecule has 3 nitrogen and oxygen atoms in total. The van der Waals surface area contributed by atoms with E-state index in [-0.39, 0.29) is 6.04 Å². The number of benzene rings is 1. The summed E-state index contributed by atoms with van der Waals surface area (Å²) >= 11 is 6.03. The van der Waals surface area contributed by atoms with E-state index in [1.54, 1.807) is 7.11 Å². The molecule has 19 heavy (non-hydrogen) atoms. The summed E-state index contributed by atoms with van der Waals surface area (Å²) in [4.78, 5) is 2.27. The third-order valence-corrected chi connectivity index (χ3v) is 3.67. The Bertz CT molecular complexity index is 373. The predicted molar refractivity (Wildman–Crippen MR) is 81.6 cm³/mol. The SMILES string of the molecule is COCCCC(N)CN(C)C(C)c1cccc(Cl)c1. The number of ether oxygens (including phenoxy) is 1. The van der Waals surface area contributed by atoms with Gasteiger partial charge in [0, 0.05) is 37.4 Å². The molecule has 2 unspecified atom stereocenters. The van der Waals surface area contributed by atoms with E-state index in [0.29, 0.717) is 6.04 Å². The molecule has 0 bridgehead atoms. The van der Waals surface area contributed by atoms with Crippen LogP contribution in [0.15, 0.2) is 24.3 Å². The Kier molecular flexibility index (Phi) is 7.39. The number of nitrogens with two attached hydrogens (primary N) is 1. The lowest BCUT2D eigenvalue weighted by atomic mass is 10.1. The fourth-order valence-corrected chi connectivity index (χ4v) is 2.33. The Hall–Kier alpha value is -0.610. The van der Waals surface area contributed by atoms with E-state index in [4.69, 9.17) is 22.1 Å². The number of hydrogen-bond donors (Lipinski definition) is 1. The smallest absolute Gasteiger partial charge is 0.0462 e. The van der Waals surface area contributed by atoms with Gasteiger partial charge < -0.3 is 10.5 Å². The van der Waals surface area contributed by atoms with Crippen molar-refractivity contribution < 1.29 is 4.74 Å². The molecule has 0 aliphatic rings. The molecule has 0 heterocycles. The zero-order valence-corrected chi connectivity index (χ0v) is 12.9. The molecule has 1 aromatic rings. The maximum absolute atomic E-state index is 6.14. The number of hydrogen-bond acceptors (Lipinski definition) is 3. The molecule has 0 radical (unpaired) electrons. The molecule has 0 fully saturated rings. The number of halogens is 1. The van der Waals surface area contributed by atoms with Crippen LogP contribution in [0.1, 0.15) is 31.4 Å². The maximum atomic E-state index is 6.14. The van der Waals surface area contributed by atoms with Crippen LogP contribution in [0.4, 0.5) is 0 Å². The summed E-state index contributed by atoms with van der Waals surface area (Å²) < 4.78 is 5.04. The van der Waals surface area contributed by atoms with E-state index in [1.165, 1.54) is 5.56 Å². The fraction of sp³-hybridized carbons (Fsp3) is 0.600. The van der Waals surface area contributed by atoms with Gasteiger partial charge >= 0.3 is 0 Å². The lowest BCUT2D eigenvalue weighted by molar-refractivity contribution is 0.183. The van der Waals surface area contributed by atoms with Gasteiger partial charge in [0.1, 0.15) is 0 Å². The molecule has 0 spiro atoms. The molecule has 1 aromatic carbocycles. The minimum absolute atomic E-state index is 0.182. The quantitative estimate of drug-likeness (QED) is 0.746. The summed E-state index contributed by atoms with van der Waals surface area (Å²) in [7, 11) is 3.82. The maximum Gasteiger partial charge on any atom is 0.0462 e. The molecule has 0 aliphatic carbocycles. The predicted octanol–water partition coefficient (Wildman–Crippen LogP) is 3.09. The van der Waals surface area contributed by atoms with Crippen LogP contribution < -0.4 is 5.73 Å². The number of nitrogens with zero attached hydrogens (tertiary/aromatic N) is 1. The first-order chi connectivity index (χ1) is 9.04. The standard InChI is InChI=1S/C15H25ClN2O/c1-12(13-6-4-7-14(16)10-13)18(2)11-15(17)8-5-9-19-3/h4,6-7,10,12,15H,5,8-9,11,17H2,1-3H3. The van der Waals surface area contributed by atoms with Gasteiger partial charge in [-0.1, -0.05) is 23.7 Å². The van der Waals surface area contributed by atoms with Gasteiger partial charge in [-0.05, 0) is 44.5 Å². The zero-order chi connectivity index (χ0) is 14.3. The molecule has 0 saturated carbocycles. The van der Waals surface area contributed by atoms with Crippen LogP contribution in [0, 0.1) is 0 Å². The zero-order valence-electron chi connectivity index (χ0n) is 12.1. The van der Waals surface area contributed by atoms with Gasteiger partial charge in [0.05, 0.1) is 0 Å². The Morgan fingerprint density at radius 2 is 2.16 bits per heavy atom. The molecule has 2 atom stereocenters. The molecule has 4 heteroatoms. The lowest BCUT2D eigenvalue weighted by Crippen LogP contribution is -2.36. The molecule has 108 valence electrons. The van der Waals surface area contributed by atoms with Gasteiger partial charge in [0.2, 0.25) is 0 Å². The summed E-state index contributed by atoms with van der Waals surface area (Å²) in [5.74, 6) is 0. The Morgan fingerprint density at radius 1 is 1.42 bits per heavy atom. The second-order valence-corrected chi connectivity index (χ2v) is 5.50. The second kappa shape index (κ2) is 8.54. The average Bonchev–Trinajstić information content (AvgIpc) is 2.38. The molecule has 0 saturated heterocycles. The molecule has 0 amide bonds. The summed E-state index contributed by atoms with van der Waals surface area (Å²) in [6.45, 7) is 3.83. The van der Waals surface area contributed by atoms with Crippen LogP contribution in [0.3, 0.4) is 0 Å². The average molecular weight is 285 g/mol. The third kappa shape index (κ3) is 5.91. The van der Waals surface area contributed by atoms with Crippen molar-refractivity contribution in [1.29, 1.82) is 0 Å². The normalized spacial score (nSPS) is 14.6. The van der Waals surface area contributed by atoms with Crippen molar-refractivity contribution in [3.63, 3.8) is 0 Å². The molecule has 0 aliphatic heterocycles. The van der Waals surface area contributed by atoms with E-state index in [0.717, 1.165) is 31.0 Å². The molecular weight excluding hydrogens is 260 g/mol. The highest BCUT2D eigenvalue weighted by Gasteiger charge is 2.14. The highest BCUT2D eigenvalue weighted by atomic mass is 35.5. The highest BCUT2D eigenvalue weighted by molar-refractivity contribution is 6.30. The van der Waals surface area contributed by atoms with Gasteiger partial charge in [0.25, 0.3) is 0 Å². The van der Waals surface area contributed by atoms with Crippen molar-refractivity contribution in [2.75, 3.05) is 27.3 Å². The monoisotopic (exact) mass is 284 g/mol. The van der Waals surface area contributed by atoms with Crippen LogP contribution in [0.25, 0.3) is 0 Å². The topological polar surface area (TPSA) is 38.5 Å². The van der Waals surface area contributed by atoms with Crippen molar-refractivity contribution in [1.82, 2.24) is 4.90 Å². The molecule has 2 N–H and O–H groups in total. The minimum atomic E-state index is 0.182. The fourth-order valence-electron chi connectivity index (χ4n) is 2.13. The van der Waals surface area contributed by atoms with E-state index in [1.807, 2.05) is 18.2 Å². The van der Waals surface area contributed by atoms with Crippen molar-refractivity contribution in [3.8, 4) is 0 Å². The summed E-state index contributed by atoms with van der Waals surface area (Å²) in [6.07, 6.45) is 2.00. The van der Waals surface area contributed by atoms with E-state index in [9.17, 15) is 0 Å². The van der Waals surface area contributed by atoms with E-state index >= 15 is 0 Å².